The second-order valence-electron chi connectivity index (χ2n) is 3.42. The van der Waals surface area contributed by atoms with Crippen molar-refractivity contribution >= 4 is 0 Å². The van der Waals surface area contributed by atoms with Crippen LogP contribution in [0.2, 0.25) is 0 Å². The lowest BCUT2D eigenvalue weighted by atomic mass is 10.2. The van der Waals surface area contributed by atoms with Crippen LogP contribution in [0.4, 0.5) is 13.2 Å². The van der Waals surface area contributed by atoms with Crippen LogP contribution in [0.15, 0.2) is 34.9 Å². The van der Waals surface area contributed by atoms with Crippen LogP contribution < -0.4 is 10.5 Å². The monoisotopic (exact) mass is 258 g/mol. The minimum Gasteiger partial charge on any atom is -0.444 e. The van der Waals surface area contributed by atoms with E-state index in [9.17, 15) is 13.2 Å². The molecular formula is C11H9F3N2O2. The van der Waals surface area contributed by atoms with Crippen molar-refractivity contribution in [2.24, 2.45) is 5.73 Å². The highest BCUT2D eigenvalue weighted by Crippen LogP contribution is 2.26. The molecule has 1 heterocycles. The number of hydrogen-bond donors (Lipinski definition) is 1. The first-order chi connectivity index (χ1) is 8.48. The number of halogens is 3. The second kappa shape index (κ2) is 4.69. The Hall–Kier alpha value is -2.02. The van der Waals surface area contributed by atoms with Gasteiger partial charge in [-0.3, -0.25) is 0 Å². The lowest BCUT2D eigenvalue weighted by Crippen LogP contribution is -2.16. The van der Waals surface area contributed by atoms with Crippen LogP contribution in [0.25, 0.3) is 11.5 Å². The van der Waals surface area contributed by atoms with Crippen LogP contribution in [0.5, 0.6) is 5.75 Å². The van der Waals surface area contributed by atoms with Crippen molar-refractivity contribution in [1.82, 2.24) is 4.98 Å². The van der Waals surface area contributed by atoms with Gasteiger partial charge in [0, 0.05) is 12.1 Å². The molecule has 7 heteroatoms. The van der Waals surface area contributed by atoms with Crippen molar-refractivity contribution in [3.63, 3.8) is 0 Å². The first kappa shape index (κ1) is 12.4. The normalized spacial score (nSPS) is 11.6. The van der Waals surface area contributed by atoms with E-state index in [2.05, 4.69) is 9.72 Å². The van der Waals surface area contributed by atoms with Crippen molar-refractivity contribution in [2.45, 2.75) is 12.9 Å². The third kappa shape index (κ3) is 3.01. The summed E-state index contributed by atoms with van der Waals surface area (Å²) in [7, 11) is 0. The van der Waals surface area contributed by atoms with Crippen LogP contribution >= 0.6 is 0 Å². The summed E-state index contributed by atoms with van der Waals surface area (Å²) in [4.78, 5) is 4.05. The predicted molar refractivity (Wildman–Crippen MR) is 56.5 cm³/mol. The number of aromatic nitrogens is 1. The van der Waals surface area contributed by atoms with E-state index in [0.29, 0.717) is 17.1 Å². The molecule has 0 saturated carbocycles. The summed E-state index contributed by atoms with van der Waals surface area (Å²) >= 11 is 0. The molecule has 0 radical (unpaired) electrons. The van der Waals surface area contributed by atoms with Crippen LogP contribution in [0.3, 0.4) is 0 Å². The molecule has 0 aliphatic rings. The zero-order chi connectivity index (χ0) is 13.2. The molecule has 18 heavy (non-hydrogen) atoms. The van der Waals surface area contributed by atoms with E-state index in [1.807, 2.05) is 0 Å². The van der Waals surface area contributed by atoms with Gasteiger partial charge in [0.15, 0.2) is 0 Å². The zero-order valence-corrected chi connectivity index (χ0v) is 9.07. The Balaban J connectivity index is 2.17. The largest absolute Gasteiger partial charge is 0.573 e. The average molecular weight is 258 g/mol. The molecule has 4 nitrogen and oxygen atoms in total. The number of rotatable bonds is 3. The highest BCUT2D eigenvalue weighted by atomic mass is 19.4. The molecule has 0 bridgehead atoms. The molecular weight excluding hydrogens is 249 g/mol. The number of oxazole rings is 1. The van der Waals surface area contributed by atoms with Gasteiger partial charge in [0.1, 0.15) is 12.0 Å². The molecule has 0 spiro atoms. The summed E-state index contributed by atoms with van der Waals surface area (Å²) < 4.78 is 44.7. The fourth-order valence-electron chi connectivity index (χ4n) is 1.33. The third-order valence-electron chi connectivity index (χ3n) is 2.10. The molecule has 1 aromatic carbocycles. The highest BCUT2D eigenvalue weighted by molar-refractivity contribution is 5.54. The van der Waals surface area contributed by atoms with Gasteiger partial charge in [-0.05, 0) is 24.3 Å². The second-order valence-corrected chi connectivity index (χ2v) is 3.42. The Kier molecular flexibility index (Phi) is 3.24. The molecule has 0 fully saturated rings. The summed E-state index contributed by atoms with van der Waals surface area (Å²) in [6, 6.07) is 5.23. The molecule has 0 aliphatic heterocycles. The maximum atomic E-state index is 11.9. The number of hydrogen-bond acceptors (Lipinski definition) is 4. The maximum Gasteiger partial charge on any atom is 0.573 e. The number of nitrogens with zero attached hydrogens (tertiary/aromatic N) is 1. The topological polar surface area (TPSA) is 61.3 Å². The molecule has 2 rings (SSSR count). The Bertz CT molecular complexity index is 520. The van der Waals surface area contributed by atoms with E-state index in [1.54, 1.807) is 0 Å². The highest BCUT2D eigenvalue weighted by Gasteiger charge is 2.31. The minimum absolute atomic E-state index is 0.235. The summed E-state index contributed by atoms with van der Waals surface area (Å²) in [5.41, 5.74) is 6.48. The third-order valence-corrected chi connectivity index (χ3v) is 2.10. The van der Waals surface area contributed by atoms with Crippen molar-refractivity contribution in [2.75, 3.05) is 0 Å². The molecule has 0 saturated heterocycles. The number of ether oxygens (including phenoxy) is 1. The standard InChI is InChI=1S/C11H9F3N2O2/c12-11(13,14)18-9-3-1-7(2-4-9)10-16-8(5-15)6-17-10/h1-4,6H,5,15H2. The van der Waals surface area contributed by atoms with Gasteiger partial charge in [-0.1, -0.05) is 0 Å². The van der Waals surface area contributed by atoms with E-state index in [1.165, 1.54) is 30.5 Å². The van der Waals surface area contributed by atoms with Gasteiger partial charge in [0.25, 0.3) is 0 Å². The van der Waals surface area contributed by atoms with Crippen molar-refractivity contribution < 1.29 is 22.3 Å². The fraction of sp³-hybridized carbons (Fsp3) is 0.182. The van der Waals surface area contributed by atoms with Gasteiger partial charge >= 0.3 is 6.36 Å². The minimum atomic E-state index is -4.70. The first-order valence-corrected chi connectivity index (χ1v) is 4.98. The SMILES string of the molecule is NCc1coc(-c2ccc(OC(F)(F)F)cc2)n1. The van der Waals surface area contributed by atoms with Gasteiger partial charge in [-0.2, -0.15) is 0 Å². The van der Waals surface area contributed by atoms with E-state index in [-0.39, 0.29) is 12.3 Å². The average Bonchev–Trinajstić information content (AvgIpc) is 2.76. The van der Waals surface area contributed by atoms with Crippen molar-refractivity contribution in [3.05, 3.63) is 36.2 Å². The van der Waals surface area contributed by atoms with Crippen LogP contribution in [0.1, 0.15) is 5.69 Å². The zero-order valence-electron chi connectivity index (χ0n) is 9.07. The summed E-state index contributed by atoms with van der Waals surface area (Å²) in [6.07, 6.45) is -3.30. The molecule has 0 aliphatic carbocycles. The Morgan fingerprint density at radius 2 is 1.89 bits per heavy atom. The molecule has 2 aromatic rings. The Labute approximate surface area is 100 Å². The van der Waals surface area contributed by atoms with Gasteiger partial charge in [0.05, 0.1) is 5.69 Å². The van der Waals surface area contributed by atoms with Crippen molar-refractivity contribution in [3.8, 4) is 17.2 Å². The van der Waals surface area contributed by atoms with Gasteiger partial charge in [-0.15, -0.1) is 13.2 Å². The molecule has 2 N–H and O–H groups in total. The predicted octanol–water partition coefficient (Wildman–Crippen LogP) is 2.70. The van der Waals surface area contributed by atoms with Crippen LogP contribution in [0, 0.1) is 0 Å². The summed E-state index contributed by atoms with van der Waals surface area (Å²) in [6.45, 7) is 0.235. The lowest BCUT2D eigenvalue weighted by molar-refractivity contribution is -0.274. The van der Waals surface area contributed by atoms with Crippen LogP contribution in [-0.4, -0.2) is 11.3 Å². The quantitative estimate of drug-likeness (QED) is 0.919. The molecule has 96 valence electrons. The van der Waals surface area contributed by atoms with Crippen molar-refractivity contribution in [1.29, 1.82) is 0 Å². The van der Waals surface area contributed by atoms with E-state index in [0.717, 1.165) is 0 Å². The molecule has 1 aromatic heterocycles. The van der Waals surface area contributed by atoms with Gasteiger partial charge in [-0.25, -0.2) is 4.98 Å². The molecule has 0 atom stereocenters. The van der Waals surface area contributed by atoms with E-state index < -0.39 is 6.36 Å². The molecule has 0 amide bonds. The van der Waals surface area contributed by atoms with E-state index >= 15 is 0 Å². The maximum absolute atomic E-state index is 11.9. The van der Waals surface area contributed by atoms with Gasteiger partial charge in [0.2, 0.25) is 5.89 Å². The summed E-state index contributed by atoms with van der Waals surface area (Å²) in [5.74, 6) is 0.00543. The van der Waals surface area contributed by atoms with E-state index in [4.69, 9.17) is 10.2 Å². The number of nitrogens with two attached hydrogens (primary N) is 1. The van der Waals surface area contributed by atoms with Crippen LogP contribution in [-0.2, 0) is 6.54 Å². The number of alkyl halides is 3. The first-order valence-electron chi connectivity index (χ1n) is 4.98. The Morgan fingerprint density at radius 1 is 1.22 bits per heavy atom. The molecule has 0 unspecified atom stereocenters. The van der Waals surface area contributed by atoms with Gasteiger partial charge < -0.3 is 14.9 Å². The number of benzene rings is 1. The summed E-state index contributed by atoms with van der Waals surface area (Å²) in [5, 5.41) is 0. The smallest absolute Gasteiger partial charge is 0.444 e. The Morgan fingerprint density at radius 3 is 2.39 bits per heavy atom. The fourth-order valence-corrected chi connectivity index (χ4v) is 1.33. The lowest BCUT2D eigenvalue weighted by Gasteiger charge is -2.08.